The van der Waals surface area contributed by atoms with Gasteiger partial charge >= 0.3 is 0 Å². The van der Waals surface area contributed by atoms with E-state index in [1.165, 1.54) is 6.92 Å². The minimum absolute atomic E-state index is 0.00763. The lowest BCUT2D eigenvalue weighted by molar-refractivity contribution is -0.118. The average Bonchev–Trinajstić information content (AvgIpc) is 2.62. The maximum atomic E-state index is 11.1. The number of H-pyrrole nitrogens is 1. The molecule has 0 aliphatic carbocycles. The molecular formula is C11H13N3O. The Morgan fingerprint density at radius 2 is 2.47 bits per heavy atom. The maximum absolute atomic E-state index is 11.1. The molecule has 0 radical (unpaired) electrons. The number of nitrogens with one attached hydrogen (secondary N) is 1. The van der Waals surface area contributed by atoms with Crippen LogP contribution in [0.25, 0.3) is 11.0 Å². The van der Waals surface area contributed by atoms with Crippen molar-refractivity contribution >= 4 is 16.8 Å². The zero-order valence-electron chi connectivity index (χ0n) is 8.53. The van der Waals surface area contributed by atoms with Crippen molar-refractivity contribution in [1.29, 1.82) is 0 Å². The van der Waals surface area contributed by atoms with Gasteiger partial charge in [-0.25, -0.2) is 4.98 Å². The van der Waals surface area contributed by atoms with Crippen LogP contribution in [0, 0.1) is 0 Å². The van der Waals surface area contributed by atoms with Gasteiger partial charge in [0.2, 0.25) is 0 Å². The fourth-order valence-corrected chi connectivity index (χ4v) is 1.56. The molecule has 2 aromatic rings. The van der Waals surface area contributed by atoms with Crippen molar-refractivity contribution in [3.05, 3.63) is 30.1 Å². The highest BCUT2D eigenvalue weighted by atomic mass is 16.1. The largest absolute Gasteiger partial charge is 0.346 e. The molecule has 1 atom stereocenters. The summed E-state index contributed by atoms with van der Waals surface area (Å²) in [6, 6.07) is 3.42. The SMILES string of the molecule is CC(=O)[C@@H](N)Cc1c[nH]c2ncccc12. The van der Waals surface area contributed by atoms with Gasteiger partial charge in [-0.15, -0.1) is 0 Å². The Hall–Kier alpha value is -1.68. The van der Waals surface area contributed by atoms with E-state index in [-0.39, 0.29) is 5.78 Å². The fraction of sp³-hybridized carbons (Fsp3) is 0.273. The molecule has 0 bridgehead atoms. The van der Waals surface area contributed by atoms with Gasteiger partial charge in [0.05, 0.1) is 6.04 Å². The van der Waals surface area contributed by atoms with Crippen LogP contribution in [0.15, 0.2) is 24.5 Å². The molecule has 0 saturated heterocycles. The topological polar surface area (TPSA) is 71.8 Å². The van der Waals surface area contributed by atoms with Crippen LogP contribution in [0.5, 0.6) is 0 Å². The molecule has 0 amide bonds. The van der Waals surface area contributed by atoms with E-state index in [1.807, 2.05) is 18.3 Å². The standard InChI is InChI=1S/C11H13N3O/c1-7(15)10(12)5-8-6-14-11-9(8)3-2-4-13-11/h2-4,6,10H,5,12H2,1H3,(H,13,14)/t10-/m0/s1. The zero-order valence-corrected chi connectivity index (χ0v) is 8.53. The van der Waals surface area contributed by atoms with Crippen molar-refractivity contribution < 1.29 is 4.79 Å². The lowest BCUT2D eigenvalue weighted by Gasteiger charge is -2.05. The molecule has 4 nitrogen and oxygen atoms in total. The Balaban J connectivity index is 2.32. The number of fused-ring (bicyclic) bond motifs is 1. The third-order valence-corrected chi connectivity index (χ3v) is 2.50. The molecule has 78 valence electrons. The van der Waals surface area contributed by atoms with E-state index in [2.05, 4.69) is 9.97 Å². The van der Waals surface area contributed by atoms with Crippen molar-refractivity contribution in [3.8, 4) is 0 Å². The fourth-order valence-electron chi connectivity index (χ4n) is 1.56. The highest BCUT2D eigenvalue weighted by molar-refractivity contribution is 5.84. The van der Waals surface area contributed by atoms with E-state index in [0.29, 0.717) is 6.42 Å². The molecule has 0 unspecified atom stereocenters. The van der Waals surface area contributed by atoms with Crippen LogP contribution in [0.1, 0.15) is 12.5 Å². The van der Waals surface area contributed by atoms with Crippen molar-refractivity contribution in [2.75, 3.05) is 0 Å². The van der Waals surface area contributed by atoms with Crippen LogP contribution in [-0.2, 0) is 11.2 Å². The Morgan fingerprint density at radius 3 is 3.20 bits per heavy atom. The number of nitrogens with two attached hydrogens (primary N) is 1. The van der Waals surface area contributed by atoms with Crippen LogP contribution < -0.4 is 5.73 Å². The lowest BCUT2D eigenvalue weighted by atomic mass is 10.0. The summed E-state index contributed by atoms with van der Waals surface area (Å²) >= 11 is 0. The van der Waals surface area contributed by atoms with E-state index in [9.17, 15) is 4.79 Å². The summed E-state index contributed by atoms with van der Waals surface area (Å²) in [5.41, 5.74) is 7.59. The van der Waals surface area contributed by atoms with Gasteiger partial charge in [0.1, 0.15) is 11.4 Å². The molecule has 3 N–H and O–H groups in total. The third-order valence-electron chi connectivity index (χ3n) is 2.50. The highest BCUT2D eigenvalue weighted by Gasteiger charge is 2.12. The molecule has 2 aromatic heterocycles. The number of hydrogen-bond donors (Lipinski definition) is 2. The van der Waals surface area contributed by atoms with Crippen molar-refractivity contribution in [2.45, 2.75) is 19.4 Å². The van der Waals surface area contributed by atoms with Crippen LogP contribution in [0.3, 0.4) is 0 Å². The van der Waals surface area contributed by atoms with Crippen molar-refractivity contribution in [2.24, 2.45) is 5.73 Å². The van der Waals surface area contributed by atoms with E-state index in [1.54, 1.807) is 6.20 Å². The lowest BCUT2D eigenvalue weighted by Crippen LogP contribution is -2.30. The number of Topliss-reactive ketones (excluding diaryl/α,β-unsaturated/α-hetero) is 1. The summed E-state index contributed by atoms with van der Waals surface area (Å²) in [6.45, 7) is 1.51. The maximum Gasteiger partial charge on any atom is 0.146 e. The first kappa shape index (κ1) is 9.86. The van der Waals surface area contributed by atoms with Crippen LogP contribution in [0.4, 0.5) is 0 Å². The second-order valence-electron chi connectivity index (χ2n) is 3.63. The van der Waals surface area contributed by atoms with Crippen molar-refractivity contribution in [3.63, 3.8) is 0 Å². The van der Waals surface area contributed by atoms with Crippen LogP contribution >= 0.6 is 0 Å². The predicted octanol–water partition coefficient (Wildman–Crippen LogP) is 1.02. The molecule has 0 aliphatic rings. The molecule has 0 aromatic carbocycles. The second kappa shape index (κ2) is 3.82. The smallest absolute Gasteiger partial charge is 0.146 e. The van der Waals surface area contributed by atoms with Gasteiger partial charge in [-0.1, -0.05) is 0 Å². The molecular weight excluding hydrogens is 190 g/mol. The van der Waals surface area contributed by atoms with Gasteiger partial charge in [-0.05, 0) is 31.0 Å². The van der Waals surface area contributed by atoms with E-state index >= 15 is 0 Å². The minimum atomic E-state index is -0.427. The first-order valence-electron chi connectivity index (χ1n) is 4.85. The zero-order chi connectivity index (χ0) is 10.8. The molecule has 15 heavy (non-hydrogen) atoms. The quantitative estimate of drug-likeness (QED) is 0.782. The minimum Gasteiger partial charge on any atom is -0.346 e. The summed E-state index contributed by atoms with van der Waals surface area (Å²) < 4.78 is 0. The number of rotatable bonds is 3. The summed E-state index contributed by atoms with van der Waals surface area (Å²) in [7, 11) is 0. The predicted molar refractivity (Wildman–Crippen MR) is 58.5 cm³/mol. The number of ketones is 1. The Morgan fingerprint density at radius 1 is 1.67 bits per heavy atom. The summed E-state index contributed by atoms with van der Waals surface area (Å²) in [5, 5.41) is 1.04. The number of nitrogens with zero attached hydrogens (tertiary/aromatic N) is 1. The third kappa shape index (κ3) is 1.89. The monoisotopic (exact) mass is 203 g/mol. The first-order valence-corrected chi connectivity index (χ1v) is 4.85. The van der Waals surface area contributed by atoms with Gasteiger partial charge in [0.25, 0.3) is 0 Å². The average molecular weight is 203 g/mol. The Labute approximate surface area is 87.5 Å². The van der Waals surface area contributed by atoms with Crippen molar-refractivity contribution in [1.82, 2.24) is 9.97 Å². The second-order valence-corrected chi connectivity index (χ2v) is 3.63. The molecule has 0 spiro atoms. The highest BCUT2D eigenvalue weighted by Crippen LogP contribution is 2.16. The van der Waals surface area contributed by atoms with Gasteiger partial charge in [0.15, 0.2) is 0 Å². The van der Waals surface area contributed by atoms with Gasteiger partial charge in [-0.2, -0.15) is 0 Å². The number of hydrogen-bond acceptors (Lipinski definition) is 3. The number of aromatic nitrogens is 2. The Kier molecular flexibility index (Phi) is 2.51. The Bertz CT molecular complexity index is 489. The number of pyridine rings is 1. The molecule has 2 rings (SSSR count). The summed E-state index contributed by atoms with van der Waals surface area (Å²) in [6.07, 6.45) is 4.15. The van der Waals surface area contributed by atoms with Crippen LogP contribution in [-0.4, -0.2) is 21.8 Å². The molecule has 2 heterocycles. The molecule has 0 fully saturated rings. The van der Waals surface area contributed by atoms with E-state index < -0.39 is 6.04 Å². The molecule has 0 saturated carbocycles. The molecule has 0 aliphatic heterocycles. The normalized spacial score (nSPS) is 12.9. The van der Waals surface area contributed by atoms with E-state index in [4.69, 9.17) is 5.73 Å². The van der Waals surface area contributed by atoms with Gasteiger partial charge in [-0.3, -0.25) is 4.79 Å². The number of carbonyl (C=O) groups is 1. The van der Waals surface area contributed by atoms with Crippen LogP contribution in [0.2, 0.25) is 0 Å². The number of aromatic amines is 1. The van der Waals surface area contributed by atoms with Gasteiger partial charge in [0, 0.05) is 17.8 Å². The first-order chi connectivity index (χ1) is 7.18. The van der Waals surface area contributed by atoms with Gasteiger partial charge < -0.3 is 10.7 Å². The summed E-state index contributed by atoms with van der Waals surface area (Å²) in [5.74, 6) is 0.00763. The summed E-state index contributed by atoms with van der Waals surface area (Å²) in [4.78, 5) is 18.3. The number of carbonyl (C=O) groups excluding carboxylic acids is 1. The molecule has 4 heteroatoms. The van der Waals surface area contributed by atoms with E-state index in [0.717, 1.165) is 16.6 Å².